The molecule has 4 nitrogen and oxygen atoms in total. The number of benzene rings is 4. The van der Waals surface area contributed by atoms with Crippen LogP contribution in [0.5, 0.6) is 5.75 Å². The van der Waals surface area contributed by atoms with Crippen LogP contribution in [-0.2, 0) is 5.60 Å². The monoisotopic (exact) mass is 437 g/mol. The Morgan fingerprint density at radius 1 is 0.758 bits per heavy atom. The molecule has 2 N–H and O–H groups in total. The highest BCUT2D eigenvalue weighted by Crippen LogP contribution is 2.42. The van der Waals surface area contributed by atoms with E-state index in [-0.39, 0.29) is 6.04 Å². The van der Waals surface area contributed by atoms with Crippen molar-refractivity contribution < 1.29 is 14.6 Å². The summed E-state index contributed by atoms with van der Waals surface area (Å²) in [5.41, 5.74) is 2.19. The molecule has 4 aromatic carbocycles. The number of amides is 1. The van der Waals surface area contributed by atoms with Gasteiger partial charge in [0.25, 0.3) is 0 Å². The van der Waals surface area contributed by atoms with E-state index in [2.05, 4.69) is 5.32 Å². The van der Waals surface area contributed by atoms with E-state index < -0.39 is 11.7 Å². The van der Waals surface area contributed by atoms with Gasteiger partial charge < -0.3 is 15.2 Å². The van der Waals surface area contributed by atoms with E-state index in [0.29, 0.717) is 22.4 Å². The van der Waals surface area contributed by atoms with Crippen LogP contribution in [0.3, 0.4) is 0 Å². The van der Waals surface area contributed by atoms with Crippen LogP contribution in [0.15, 0.2) is 109 Å². The minimum atomic E-state index is -1.52. The quantitative estimate of drug-likeness (QED) is 0.357. The zero-order valence-corrected chi connectivity index (χ0v) is 18.7. The molecule has 0 aliphatic heterocycles. The largest absolute Gasteiger partial charge is 0.412 e. The highest BCUT2D eigenvalue weighted by atomic mass is 16.6. The molecule has 0 fully saturated rings. The van der Waals surface area contributed by atoms with Crippen molar-refractivity contribution in [1.29, 1.82) is 0 Å². The first-order chi connectivity index (χ1) is 16.0. The molecule has 4 aromatic rings. The Balaban J connectivity index is 1.92. The lowest BCUT2D eigenvalue weighted by Gasteiger charge is -2.31. The molecule has 0 spiro atoms. The maximum atomic E-state index is 12.6. The van der Waals surface area contributed by atoms with Gasteiger partial charge in [-0.3, -0.25) is 0 Å². The topological polar surface area (TPSA) is 58.6 Å². The van der Waals surface area contributed by atoms with E-state index in [9.17, 15) is 9.90 Å². The van der Waals surface area contributed by atoms with Crippen LogP contribution < -0.4 is 10.1 Å². The molecule has 4 heteroatoms. The first-order valence-electron chi connectivity index (χ1n) is 11.0. The van der Waals surface area contributed by atoms with Crippen molar-refractivity contribution in [3.63, 3.8) is 0 Å². The average Bonchev–Trinajstić information content (AvgIpc) is 2.84. The van der Waals surface area contributed by atoms with Crippen molar-refractivity contribution in [3.05, 3.63) is 126 Å². The number of carbonyl (C=O) groups excluding carboxylic acids is 1. The number of ether oxygens (including phenoxy) is 1. The van der Waals surface area contributed by atoms with Gasteiger partial charge in [0.1, 0.15) is 11.4 Å². The highest BCUT2D eigenvalue weighted by molar-refractivity contribution is 5.74. The van der Waals surface area contributed by atoms with Crippen LogP contribution in [0.2, 0.25) is 0 Å². The molecule has 0 radical (unpaired) electrons. The molecule has 0 bridgehead atoms. The molecule has 1 amide bonds. The van der Waals surface area contributed by atoms with E-state index in [1.807, 2.05) is 117 Å². The maximum absolute atomic E-state index is 12.6. The van der Waals surface area contributed by atoms with Crippen LogP contribution in [-0.4, -0.2) is 17.2 Å². The van der Waals surface area contributed by atoms with Crippen LogP contribution >= 0.6 is 0 Å². The fourth-order valence-electron chi connectivity index (χ4n) is 3.92. The van der Waals surface area contributed by atoms with Gasteiger partial charge in [-0.2, -0.15) is 0 Å². The molecule has 33 heavy (non-hydrogen) atoms. The SMILES string of the molecule is CC(C)NC(=O)Oc1cc(-c2ccccc2)ccc1C(O)(c1ccccc1)c1ccccc1. The summed E-state index contributed by atoms with van der Waals surface area (Å²) >= 11 is 0. The summed E-state index contributed by atoms with van der Waals surface area (Å²) in [6.45, 7) is 3.74. The van der Waals surface area contributed by atoms with Gasteiger partial charge in [0.15, 0.2) is 0 Å². The number of carbonyl (C=O) groups is 1. The van der Waals surface area contributed by atoms with E-state index in [4.69, 9.17) is 4.74 Å². The number of aliphatic hydroxyl groups is 1. The van der Waals surface area contributed by atoms with Gasteiger partial charge >= 0.3 is 6.09 Å². The van der Waals surface area contributed by atoms with Gasteiger partial charge in [0, 0.05) is 11.6 Å². The normalized spacial score (nSPS) is 11.3. The summed E-state index contributed by atoms with van der Waals surface area (Å²) in [7, 11) is 0. The smallest absolute Gasteiger partial charge is 0.410 e. The first kappa shape index (κ1) is 22.3. The van der Waals surface area contributed by atoms with Gasteiger partial charge in [0.05, 0.1) is 0 Å². The molecule has 4 rings (SSSR count). The van der Waals surface area contributed by atoms with Gasteiger partial charge in [-0.05, 0) is 42.2 Å². The zero-order valence-electron chi connectivity index (χ0n) is 18.7. The molecule has 0 aliphatic carbocycles. The third-order valence-corrected chi connectivity index (χ3v) is 5.47. The summed E-state index contributed by atoms with van der Waals surface area (Å²) in [6.07, 6.45) is -0.570. The number of nitrogens with one attached hydrogen (secondary N) is 1. The van der Waals surface area contributed by atoms with Crippen molar-refractivity contribution in [2.75, 3.05) is 0 Å². The molecule has 0 aromatic heterocycles. The van der Waals surface area contributed by atoms with Crippen molar-refractivity contribution in [1.82, 2.24) is 5.32 Å². The van der Waals surface area contributed by atoms with Crippen LogP contribution in [0, 0.1) is 0 Å². The number of hydrogen-bond donors (Lipinski definition) is 2. The van der Waals surface area contributed by atoms with Crippen molar-refractivity contribution in [2.24, 2.45) is 0 Å². The second kappa shape index (κ2) is 9.72. The van der Waals surface area contributed by atoms with Crippen molar-refractivity contribution in [2.45, 2.75) is 25.5 Å². The number of hydrogen-bond acceptors (Lipinski definition) is 3. The van der Waals surface area contributed by atoms with Crippen LogP contribution in [0.1, 0.15) is 30.5 Å². The predicted octanol–water partition coefficient (Wildman–Crippen LogP) is 6.13. The average molecular weight is 438 g/mol. The Hall–Kier alpha value is -3.89. The Labute approximate surface area is 194 Å². The molecule has 0 saturated carbocycles. The molecule has 0 atom stereocenters. The van der Waals surface area contributed by atoms with Gasteiger partial charge in [0.2, 0.25) is 0 Å². The van der Waals surface area contributed by atoms with Gasteiger partial charge in [-0.25, -0.2) is 4.79 Å². The minimum Gasteiger partial charge on any atom is -0.410 e. The summed E-state index contributed by atoms with van der Waals surface area (Å²) in [5.74, 6) is 0.296. The summed E-state index contributed by atoms with van der Waals surface area (Å²) in [5, 5.41) is 15.0. The lowest BCUT2D eigenvalue weighted by Crippen LogP contribution is -2.34. The van der Waals surface area contributed by atoms with E-state index >= 15 is 0 Å². The van der Waals surface area contributed by atoms with Gasteiger partial charge in [-0.15, -0.1) is 0 Å². The third kappa shape index (κ3) is 4.81. The van der Waals surface area contributed by atoms with E-state index in [1.54, 1.807) is 6.07 Å². The fourth-order valence-corrected chi connectivity index (χ4v) is 3.92. The maximum Gasteiger partial charge on any atom is 0.412 e. The summed E-state index contributed by atoms with van der Waals surface area (Å²) < 4.78 is 5.80. The zero-order chi connectivity index (χ0) is 23.3. The molecule has 0 heterocycles. The van der Waals surface area contributed by atoms with Crippen molar-refractivity contribution in [3.8, 4) is 16.9 Å². The molecule has 0 aliphatic rings. The van der Waals surface area contributed by atoms with E-state index in [0.717, 1.165) is 11.1 Å². The van der Waals surface area contributed by atoms with E-state index in [1.165, 1.54) is 0 Å². The second-order valence-corrected chi connectivity index (χ2v) is 8.21. The Morgan fingerprint density at radius 2 is 1.27 bits per heavy atom. The lowest BCUT2D eigenvalue weighted by atomic mass is 9.79. The Morgan fingerprint density at radius 3 is 1.79 bits per heavy atom. The molecular weight excluding hydrogens is 410 g/mol. The van der Waals surface area contributed by atoms with Crippen LogP contribution in [0.25, 0.3) is 11.1 Å². The first-order valence-corrected chi connectivity index (χ1v) is 11.0. The molecular formula is C29H27NO3. The fraction of sp³-hybridized carbons (Fsp3) is 0.138. The standard InChI is InChI=1S/C29H27NO3/c1-21(2)30-28(31)33-27-20-23(22-12-6-3-7-13-22)18-19-26(27)29(32,24-14-8-4-9-15-24)25-16-10-5-11-17-25/h3-21,32H,1-2H3,(H,30,31). The molecule has 166 valence electrons. The highest BCUT2D eigenvalue weighted by Gasteiger charge is 2.37. The second-order valence-electron chi connectivity index (χ2n) is 8.21. The summed E-state index contributed by atoms with van der Waals surface area (Å²) in [6, 6.07) is 34.2. The third-order valence-electron chi connectivity index (χ3n) is 5.47. The Bertz CT molecular complexity index is 1170. The molecule has 0 saturated heterocycles. The summed E-state index contributed by atoms with van der Waals surface area (Å²) in [4.78, 5) is 12.6. The minimum absolute atomic E-state index is 0.0830. The van der Waals surface area contributed by atoms with Crippen molar-refractivity contribution >= 4 is 6.09 Å². The Kier molecular flexibility index (Phi) is 6.57. The predicted molar refractivity (Wildman–Crippen MR) is 131 cm³/mol. The number of rotatable bonds is 6. The van der Waals surface area contributed by atoms with Crippen LogP contribution in [0.4, 0.5) is 4.79 Å². The van der Waals surface area contributed by atoms with Gasteiger partial charge in [-0.1, -0.05) is 103 Å². The lowest BCUT2D eigenvalue weighted by molar-refractivity contribution is 0.121. The molecule has 0 unspecified atom stereocenters.